The molecule has 6 heteroatoms. The van der Waals surface area contributed by atoms with Gasteiger partial charge in [0.25, 0.3) is 5.56 Å². The van der Waals surface area contributed by atoms with Crippen molar-refractivity contribution in [3.05, 3.63) is 94.8 Å². The molecule has 0 fully saturated rings. The molecule has 1 atom stereocenters. The van der Waals surface area contributed by atoms with Crippen molar-refractivity contribution in [2.24, 2.45) is 0 Å². The lowest BCUT2D eigenvalue weighted by Crippen LogP contribution is -2.22. The van der Waals surface area contributed by atoms with E-state index in [9.17, 15) is 4.79 Å². The van der Waals surface area contributed by atoms with Gasteiger partial charge in [-0.1, -0.05) is 60.3 Å². The smallest absolute Gasteiger partial charge is 0.283 e. The average molecular weight is 428 g/mol. The van der Waals surface area contributed by atoms with Gasteiger partial charge in [0.2, 0.25) is 0 Å². The fourth-order valence-electron chi connectivity index (χ4n) is 3.73. The van der Waals surface area contributed by atoms with Crippen molar-refractivity contribution in [1.82, 2.24) is 14.5 Å². The van der Waals surface area contributed by atoms with Crippen LogP contribution in [0.3, 0.4) is 0 Å². The summed E-state index contributed by atoms with van der Waals surface area (Å²) in [6, 6.07) is 25.6. The Bertz CT molecular complexity index is 1420. The topological polar surface area (TPSA) is 59.9 Å². The van der Waals surface area contributed by atoms with Crippen LogP contribution in [0.25, 0.3) is 27.6 Å². The van der Waals surface area contributed by atoms with Crippen LogP contribution in [0, 0.1) is 0 Å². The molecule has 0 bridgehead atoms. The maximum Gasteiger partial charge on any atom is 0.283 e. The number of hydrogen-bond acceptors (Lipinski definition) is 4. The second-order valence-corrected chi connectivity index (χ2v) is 8.61. The molecule has 5 aromatic rings. The van der Waals surface area contributed by atoms with Gasteiger partial charge in [0.15, 0.2) is 5.16 Å². The van der Waals surface area contributed by atoms with Gasteiger partial charge in [-0.25, -0.2) is 4.98 Å². The summed E-state index contributed by atoms with van der Waals surface area (Å²) in [5, 5.41) is 1.73. The summed E-state index contributed by atoms with van der Waals surface area (Å²) in [4.78, 5) is 21.9. The maximum absolute atomic E-state index is 13.6. The first kappa shape index (κ1) is 19.5. The number of methoxy groups -OCH3 is 1. The third kappa shape index (κ3) is 3.49. The number of nitrogens with zero attached hydrogens (tertiary/aromatic N) is 2. The number of H-pyrrole nitrogens is 1. The maximum atomic E-state index is 13.6. The van der Waals surface area contributed by atoms with E-state index in [4.69, 9.17) is 9.72 Å². The molecule has 0 saturated heterocycles. The largest absolute Gasteiger partial charge is 0.497 e. The number of aromatic amines is 1. The second-order valence-electron chi connectivity index (χ2n) is 7.30. The zero-order valence-electron chi connectivity index (χ0n) is 17.2. The average Bonchev–Trinajstić information content (AvgIpc) is 3.19. The number of fused-ring (bicyclic) bond motifs is 3. The Kier molecular flexibility index (Phi) is 5.00. The molecule has 1 unspecified atom stereocenters. The van der Waals surface area contributed by atoms with Gasteiger partial charge in [-0.3, -0.25) is 9.36 Å². The number of aromatic nitrogens is 3. The fraction of sp³-hybridized carbons (Fsp3) is 0.120. The molecule has 2 heterocycles. The van der Waals surface area contributed by atoms with Gasteiger partial charge in [0, 0.05) is 16.2 Å². The van der Waals surface area contributed by atoms with Crippen molar-refractivity contribution in [3.8, 4) is 11.4 Å². The van der Waals surface area contributed by atoms with Gasteiger partial charge in [-0.15, -0.1) is 0 Å². The van der Waals surface area contributed by atoms with E-state index in [1.807, 2.05) is 66.7 Å². The molecule has 5 rings (SSSR count). The number of benzene rings is 3. The summed E-state index contributed by atoms with van der Waals surface area (Å²) in [7, 11) is 1.63. The van der Waals surface area contributed by atoms with Gasteiger partial charge < -0.3 is 9.72 Å². The number of nitrogens with one attached hydrogen (secondary N) is 1. The third-order valence-electron chi connectivity index (χ3n) is 5.38. The Morgan fingerprint density at radius 3 is 2.42 bits per heavy atom. The highest BCUT2D eigenvalue weighted by molar-refractivity contribution is 7.99. The summed E-state index contributed by atoms with van der Waals surface area (Å²) >= 11 is 1.58. The van der Waals surface area contributed by atoms with Gasteiger partial charge in [-0.2, -0.15) is 0 Å². The molecule has 3 aromatic carbocycles. The van der Waals surface area contributed by atoms with E-state index in [-0.39, 0.29) is 10.8 Å². The lowest BCUT2D eigenvalue weighted by molar-refractivity contribution is 0.414. The first-order chi connectivity index (χ1) is 15.2. The Hall–Kier alpha value is -3.51. The minimum atomic E-state index is -0.117. The van der Waals surface area contributed by atoms with Crippen molar-refractivity contribution in [2.45, 2.75) is 17.3 Å². The highest BCUT2D eigenvalue weighted by Gasteiger charge is 2.19. The van der Waals surface area contributed by atoms with Crippen LogP contribution in [-0.4, -0.2) is 21.6 Å². The van der Waals surface area contributed by atoms with E-state index in [2.05, 4.69) is 24.0 Å². The highest BCUT2D eigenvalue weighted by Crippen LogP contribution is 2.35. The molecule has 1 N–H and O–H groups in total. The van der Waals surface area contributed by atoms with Crippen molar-refractivity contribution >= 4 is 33.7 Å². The van der Waals surface area contributed by atoms with E-state index in [1.54, 1.807) is 23.4 Å². The van der Waals surface area contributed by atoms with Gasteiger partial charge in [0.05, 0.1) is 12.8 Å². The van der Waals surface area contributed by atoms with E-state index >= 15 is 0 Å². The van der Waals surface area contributed by atoms with Crippen LogP contribution >= 0.6 is 11.8 Å². The minimum absolute atomic E-state index is 0.117. The molecular formula is C25H21N3O2S. The Morgan fingerprint density at radius 1 is 0.968 bits per heavy atom. The molecule has 0 aliphatic carbocycles. The summed E-state index contributed by atoms with van der Waals surface area (Å²) in [5.74, 6) is 0.739. The molecule has 0 spiro atoms. The van der Waals surface area contributed by atoms with Crippen LogP contribution < -0.4 is 10.3 Å². The predicted octanol–water partition coefficient (Wildman–Crippen LogP) is 5.73. The predicted molar refractivity (Wildman–Crippen MR) is 126 cm³/mol. The normalized spacial score (nSPS) is 12.3. The first-order valence-electron chi connectivity index (χ1n) is 10.0. The molecule has 5 nitrogen and oxygen atoms in total. The minimum Gasteiger partial charge on any atom is -0.497 e. The summed E-state index contributed by atoms with van der Waals surface area (Å²) in [6.07, 6.45) is 0. The first-order valence-corrected chi connectivity index (χ1v) is 10.9. The van der Waals surface area contributed by atoms with Crippen LogP contribution in [0.4, 0.5) is 0 Å². The van der Waals surface area contributed by atoms with Crippen molar-refractivity contribution in [1.29, 1.82) is 0 Å². The summed E-state index contributed by atoms with van der Waals surface area (Å²) in [5.41, 5.74) is 3.93. The third-order valence-corrected chi connectivity index (χ3v) is 6.49. The Balaban J connectivity index is 1.73. The van der Waals surface area contributed by atoms with Gasteiger partial charge in [-0.05, 0) is 42.8 Å². The quantitative estimate of drug-likeness (QED) is 0.287. The number of para-hydroxylation sites is 1. The van der Waals surface area contributed by atoms with Gasteiger partial charge in [0.1, 0.15) is 16.8 Å². The lowest BCUT2D eigenvalue weighted by atomic mass is 10.2. The Morgan fingerprint density at radius 2 is 1.68 bits per heavy atom. The summed E-state index contributed by atoms with van der Waals surface area (Å²) in [6.45, 7) is 2.13. The molecule has 2 aromatic heterocycles. The molecule has 0 aliphatic rings. The van der Waals surface area contributed by atoms with Crippen molar-refractivity contribution in [2.75, 3.05) is 7.11 Å². The van der Waals surface area contributed by atoms with Crippen molar-refractivity contribution in [3.63, 3.8) is 0 Å². The van der Waals surface area contributed by atoms with Crippen LogP contribution in [-0.2, 0) is 0 Å². The zero-order chi connectivity index (χ0) is 21.4. The van der Waals surface area contributed by atoms with Crippen LogP contribution in [0.2, 0.25) is 0 Å². The molecule has 0 saturated carbocycles. The fourth-order valence-corrected chi connectivity index (χ4v) is 4.78. The van der Waals surface area contributed by atoms with Crippen LogP contribution in [0.5, 0.6) is 5.75 Å². The standard InChI is InChI=1S/C25H21N3O2S/c1-16(17-8-4-3-5-9-17)31-25-27-22-20-10-6-7-11-21(20)26-23(22)24(29)28(25)18-12-14-19(30-2)15-13-18/h3-16,26H,1-2H3. The molecule has 0 radical (unpaired) electrons. The van der Waals surface area contributed by atoms with E-state index in [1.165, 1.54) is 5.56 Å². The lowest BCUT2D eigenvalue weighted by Gasteiger charge is -2.16. The number of rotatable bonds is 5. The van der Waals surface area contributed by atoms with E-state index in [0.717, 1.165) is 22.3 Å². The number of hydrogen-bond donors (Lipinski definition) is 1. The number of thioether (sulfide) groups is 1. The second kappa shape index (κ2) is 7.96. The monoisotopic (exact) mass is 427 g/mol. The Labute approximate surface area is 183 Å². The molecule has 0 amide bonds. The van der Waals surface area contributed by atoms with E-state index < -0.39 is 0 Å². The SMILES string of the molecule is COc1ccc(-n2c(SC(C)c3ccccc3)nc3c([nH]c4ccccc43)c2=O)cc1. The number of ether oxygens (including phenoxy) is 1. The molecule has 0 aliphatic heterocycles. The molecule has 154 valence electrons. The van der Waals surface area contributed by atoms with Crippen LogP contribution in [0.15, 0.2) is 88.8 Å². The highest BCUT2D eigenvalue weighted by atomic mass is 32.2. The summed E-state index contributed by atoms with van der Waals surface area (Å²) < 4.78 is 6.97. The molecular weight excluding hydrogens is 406 g/mol. The zero-order valence-corrected chi connectivity index (χ0v) is 18.0. The molecule has 31 heavy (non-hydrogen) atoms. The van der Waals surface area contributed by atoms with E-state index in [0.29, 0.717) is 16.2 Å². The van der Waals surface area contributed by atoms with Crippen LogP contribution in [0.1, 0.15) is 17.7 Å². The van der Waals surface area contributed by atoms with Crippen molar-refractivity contribution < 1.29 is 4.74 Å². The van der Waals surface area contributed by atoms with Gasteiger partial charge >= 0.3 is 0 Å².